The third-order valence-corrected chi connectivity index (χ3v) is 3.80. The molecule has 0 spiro atoms. The molecular weight excluding hydrogens is 234 g/mol. The molecule has 0 saturated carbocycles. The van der Waals surface area contributed by atoms with E-state index in [0.29, 0.717) is 5.92 Å². The van der Waals surface area contributed by atoms with Crippen LogP contribution < -0.4 is 10.2 Å². The smallest absolute Gasteiger partial charge is 0.128 e. The zero-order chi connectivity index (χ0) is 13.7. The maximum absolute atomic E-state index is 4.61. The van der Waals surface area contributed by atoms with Gasteiger partial charge in [0.1, 0.15) is 5.82 Å². The van der Waals surface area contributed by atoms with Crippen molar-refractivity contribution < 1.29 is 0 Å². The molecule has 2 heterocycles. The van der Waals surface area contributed by atoms with Crippen LogP contribution in [0.25, 0.3) is 0 Å². The molecule has 1 saturated heterocycles. The topological polar surface area (TPSA) is 28.2 Å². The number of nitrogens with zero attached hydrogens (tertiary/aromatic N) is 2. The average molecular weight is 261 g/mol. The van der Waals surface area contributed by atoms with Crippen LogP contribution in [-0.4, -0.2) is 24.6 Å². The van der Waals surface area contributed by atoms with Crippen molar-refractivity contribution in [1.29, 1.82) is 0 Å². The fraction of sp³-hybridized carbons (Fsp3) is 0.688. The average Bonchev–Trinajstić information content (AvgIpc) is 2.40. The van der Waals surface area contributed by atoms with Gasteiger partial charge in [-0.2, -0.15) is 0 Å². The molecule has 1 aliphatic rings. The van der Waals surface area contributed by atoms with Crippen molar-refractivity contribution in [1.82, 2.24) is 10.3 Å². The maximum atomic E-state index is 4.61. The molecule has 3 nitrogen and oxygen atoms in total. The lowest BCUT2D eigenvalue weighted by molar-refractivity contribution is 0.436. The largest absolute Gasteiger partial charge is 0.357 e. The Morgan fingerprint density at radius 3 is 2.63 bits per heavy atom. The number of hydrogen-bond donors (Lipinski definition) is 1. The zero-order valence-electron chi connectivity index (χ0n) is 12.5. The van der Waals surface area contributed by atoms with E-state index in [4.69, 9.17) is 0 Å². The van der Waals surface area contributed by atoms with E-state index in [9.17, 15) is 0 Å². The van der Waals surface area contributed by atoms with Gasteiger partial charge in [0.05, 0.1) is 0 Å². The minimum Gasteiger partial charge on any atom is -0.357 e. The number of piperidine rings is 1. The molecule has 0 amide bonds. The lowest BCUT2D eigenvalue weighted by Crippen LogP contribution is -2.33. The molecule has 1 fully saturated rings. The maximum Gasteiger partial charge on any atom is 0.128 e. The summed E-state index contributed by atoms with van der Waals surface area (Å²) in [5.41, 5.74) is 1.27. The van der Waals surface area contributed by atoms with Gasteiger partial charge in [-0.25, -0.2) is 4.98 Å². The van der Waals surface area contributed by atoms with Crippen molar-refractivity contribution in [3.8, 4) is 0 Å². The summed E-state index contributed by atoms with van der Waals surface area (Å²) in [4.78, 5) is 7.02. The fourth-order valence-electron chi connectivity index (χ4n) is 2.45. The first-order valence-corrected chi connectivity index (χ1v) is 7.55. The predicted molar refractivity (Wildman–Crippen MR) is 81.4 cm³/mol. The summed E-state index contributed by atoms with van der Waals surface area (Å²) in [5.74, 6) is 2.71. The van der Waals surface area contributed by atoms with Crippen LogP contribution in [0.2, 0.25) is 0 Å². The van der Waals surface area contributed by atoms with E-state index in [0.717, 1.165) is 37.9 Å². The molecule has 1 N–H and O–H groups in total. The summed E-state index contributed by atoms with van der Waals surface area (Å²) in [6.45, 7) is 11.1. The van der Waals surface area contributed by atoms with Crippen LogP contribution in [0.15, 0.2) is 18.3 Å². The quantitative estimate of drug-likeness (QED) is 0.883. The van der Waals surface area contributed by atoms with Gasteiger partial charge in [0.15, 0.2) is 0 Å². The molecule has 19 heavy (non-hydrogen) atoms. The van der Waals surface area contributed by atoms with E-state index in [-0.39, 0.29) is 0 Å². The van der Waals surface area contributed by atoms with Gasteiger partial charge in [0.25, 0.3) is 0 Å². The Morgan fingerprint density at radius 2 is 2.05 bits per heavy atom. The van der Waals surface area contributed by atoms with Crippen LogP contribution in [0.4, 0.5) is 5.82 Å². The summed E-state index contributed by atoms with van der Waals surface area (Å²) in [6.07, 6.45) is 4.60. The molecule has 0 bridgehead atoms. The molecule has 1 aromatic rings. The molecule has 2 rings (SSSR count). The molecule has 3 heteroatoms. The van der Waals surface area contributed by atoms with Gasteiger partial charge < -0.3 is 10.2 Å². The lowest BCUT2D eigenvalue weighted by atomic mass is 9.99. The van der Waals surface area contributed by atoms with E-state index < -0.39 is 0 Å². The molecule has 1 aliphatic heterocycles. The standard InChI is InChI=1S/C16H27N3/c1-13(2)10-17-11-15-4-5-16(18-12-15)19-8-6-14(3)7-9-19/h4-5,12-14,17H,6-11H2,1-3H3. The van der Waals surface area contributed by atoms with E-state index in [1.165, 1.54) is 18.4 Å². The van der Waals surface area contributed by atoms with Gasteiger partial charge in [-0.1, -0.05) is 26.8 Å². The molecular formula is C16H27N3. The summed E-state index contributed by atoms with van der Waals surface area (Å²) in [6, 6.07) is 4.37. The van der Waals surface area contributed by atoms with Gasteiger partial charge in [0.2, 0.25) is 0 Å². The summed E-state index contributed by atoms with van der Waals surface area (Å²) in [7, 11) is 0. The van der Waals surface area contributed by atoms with Gasteiger partial charge in [-0.15, -0.1) is 0 Å². The predicted octanol–water partition coefficient (Wildman–Crippen LogP) is 3.06. The third kappa shape index (κ3) is 4.50. The van der Waals surface area contributed by atoms with Crippen molar-refractivity contribution >= 4 is 5.82 Å². The Kier molecular flexibility index (Phi) is 5.20. The van der Waals surface area contributed by atoms with E-state index >= 15 is 0 Å². The minimum atomic E-state index is 0.697. The molecule has 106 valence electrons. The Labute approximate surface area is 117 Å². The zero-order valence-corrected chi connectivity index (χ0v) is 12.5. The Bertz CT molecular complexity index is 364. The molecule has 0 atom stereocenters. The van der Waals surface area contributed by atoms with E-state index in [1.807, 2.05) is 6.20 Å². The fourth-order valence-corrected chi connectivity index (χ4v) is 2.45. The highest BCUT2D eigenvalue weighted by Crippen LogP contribution is 2.21. The van der Waals surface area contributed by atoms with Gasteiger partial charge in [-0.3, -0.25) is 0 Å². The first-order chi connectivity index (χ1) is 9.15. The first-order valence-electron chi connectivity index (χ1n) is 7.55. The Hall–Kier alpha value is -1.09. The summed E-state index contributed by atoms with van der Waals surface area (Å²) >= 11 is 0. The van der Waals surface area contributed by atoms with Crippen molar-refractivity contribution in [2.45, 2.75) is 40.2 Å². The molecule has 1 aromatic heterocycles. The second kappa shape index (κ2) is 6.90. The van der Waals surface area contributed by atoms with Crippen LogP contribution in [0.1, 0.15) is 39.2 Å². The molecule has 0 unspecified atom stereocenters. The summed E-state index contributed by atoms with van der Waals surface area (Å²) in [5, 5.41) is 3.45. The number of rotatable bonds is 5. The van der Waals surface area contributed by atoms with Crippen LogP contribution >= 0.6 is 0 Å². The Morgan fingerprint density at radius 1 is 1.32 bits per heavy atom. The first kappa shape index (κ1) is 14.3. The minimum absolute atomic E-state index is 0.697. The van der Waals surface area contributed by atoms with Gasteiger partial charge in [0, 0.05) is 25.8 Å². The number of pyridine rings is 1. The molecule has 0 radical (unpaired) electrons. The van der Waals surface area contributed by atoms with Gasteiger partial charge >= 0.3 is 0 Å². The van der Waals surface area contributed by atoms with Crippen molar-refractivity contribution in [2.75, 3.05) is 24.5 Å². The summed E-state index contributed by atoms with van der Waals surface area (Å²) < 4.78 is 0. The van der Waals surface area contributed by atoms with Crippen LogP contribution in [0, 0.1) is 11.8 Å². The monoisotopic (exact) mass is 261 g/mol. The van der Waals surface area contributed by atoms with Crippen LogP contribution in [-0.2, 0) is 6.54 Å². The molecule has 0 aliphatic carbocycles. The normalized spacial score (nSPS) is 17.2. The highest BCUT2D eigenvalue weighted by molar-refractivity contribution is 5.39. The third-order valence-electron chi connectivity index (χ3n) is 3.80. The van der Waals surface area contributed by atoms with Crippen LogP contribution in [0.3, 0.4) is 0 Å². The number of anilines is 1. The van der Waals surface area contributed by atoms with Crippen molar-refractivity contribution in [3.63, 3.8) is 0 Å². The number of nitrogens with one attached hydrogen (secondary N) is 1. The SMILES string of the molecule is CC(C)CNCc1ccc(N2CCC(C)CC2)nc1. The second-order valence-corrected chi connectivity index (χ2v) is 6.22. The molecule has 0 aromatic carbocycles. The highest BCUT2D eigenvalue weighted by Gasteiger charge is 2.16. The van der Waals surface area contributed by atoms with E-state index in [2.05, 4.69) is 48.1 Å². The number of aromatic nitrogens is 1. The Balaban J connectivity index is 1.84. The highest BCUT2D eigenvalue weighted by atomic mass is 15.2. The van der Waals surface area contributed by atoms with E-state index in [1.54, 1.807) is 0 Å². The number of hydrogen-bond acceptors (Lipinski definition) is 3. The van der Waals surface area contributed by atoms with Gasteiger partial charge in [-0.05, 0) is 42.9 Å². The van der Waals surface area contributed by atoms with Crippen LogP contribution in [0.5, 0.6) is 0 Å². The lowest BCUT2D eigenvalue weighted by Gasteiger charge is -2.31. The van der Waals surface area contributed by atoms with Crippen molar-refractivity contribution in [2.24, 2.45) is 11.8 Å². The second-order valence-electron chi connectivity index (χ2n) is 6.22. The van der Waals surface area contributed by atoms with Crippen molar-refractivity contribution in [3.05, 3.63) is 23.9 Å².